The van der Waals surface area contributed by atoms with Gasteiger partial charge in [-0.1, -0.05) is 42.6 Å². The molecule has 0 fully saturated rings. The molecule has 1 aromatic carbocycles. The molecule has 7 nitrogen and oxygen atoms in total. The average Bonchev–Trinajstić information content (AvgIpc) is 3.37. The number of halogens is 1. The Morgan fingerprint density at radius 1 is 1.20 bits per heavy atom. The van der Waals surface area contributed by atoms with Gasteiger partial charge in [0.15, 0.2) is 5.13 Å². The number of aromatic nitrogens is 1. The van der Waals surface area contributed by atoms with Crippen molar-refractivity contribution in [3.8, 4) is 0 Å². The zero-order valence-electron chi connectivity index (χ0n) is 16.6. The van der Waals surface area contributed by atoms with Crippen LogP contribution in [0.4, 0.5) is 14.5 Å². The Morgan fingerprint density at radius 2 is 1.97 bits per heavy atom. The second-order valence-electron chi connectivity index (χ2n) is 6.37. The van der Waals surface area contributed by atoms with Gasteiger partial charge in [-0.2, -0.15) is 0 Å². The first-order valence-corrected chi connectivity index (χ1v) is 11.1. The predicted molar refractivity (Wildman–Crippen MR) is 120 cm³/mol. The summed E-state index contributed by atoms with van der Waals surface area (Å²) in [6.07, 6.45) is 2.93. The molecule has 0 spiro atoms. The van der Waals surface area contributed by atoms with E-state index in [2.05, 4.69) is 9.88 Å². The molecule has 0 saturated heterocycles. The van der Waals surface area contributed by atoms with E-state index in [-0.39, 0.29) is 16.4 Å². The second kappa shape index (κ2) is 9.88. The maximum Gasteiger partial charge on any atom is 0.324 e. The molecule has 0 aliphatic carbocycles. The summed E-state index contributed by atoms with van der Waals surface area (Å²) in [5.74, 6) is -0.731. The highest BCUT2D eigenvalue weighted by Gasteiger charge is 2.20. The van der Waals surface area contributed by atoms with Crippen molar-refractivity contribution in [3.63, 3.8) is 0 Å². The molecule has 0 aliphatic rings. The predicted octanol–water partition coefficient (Wildman–Crippen LogP) is 4.79. The highest BCUT2D eigenvalue weighted by atomic mass is 32.1. The van der Waals surface area contributed by atoms with E-state index >= 15 is 0 Å². The van der Waals surface area contributed by atoms with E-state index in [1.54, 1.807) is 24.3 Å². The minimum atomic E-state index is -0.462. The first-order chi connectivity index (χ1) is 14.4. The molecule has 0 aliphatic heterocycles. The Morgan fingerprint density at radius 3 is 2.60 bits per heavy atom. The van der Waals surface area contributed by atoms with E-state index < -0.39 is 10.7 Å². The fourth-order valence-electron chi connectivity index (χ4n) is 2.87. The summed E-state index contributed by atoms with van der Waals surface area (Å²) in [6.45, 7) is 6.84. The van der Waals surface area contributed by atoms with Gasteiger partial charge in [-0.15, -0.1) is 0 Å². The number of fused-ring (bicyclic) bond motifs is 1. The van der Waals surface area contributed by atoms with Crippen LogP contribution in [0.15, 0.2) is 36.4 Å². The number of para-hydroxylation sites is 1. The van der Waals surface area contributed by atoms with Crippen LogP contribution >= 0.6 is 22.7 Å². The molecule has 0 radical (unpaired) electrons. The summed E-state index contributed by atoms with van der Waals surface area (Å²) < 4.78 is 14.8. The van der Waals surface area contributed by atoms with Gasteiger partial charge in [0.25, 0.3) is 5.91 Å². The first kappa shape index (κ1) is 22.0. The molecule has 0 N–H and O–H groups in total. The number of amides is 1. The summed E-state index contributed by atoms with van der Waals surface area (Å²) in [5, 5.41) is 11.3. The number of thiazole rings is 1. The third kappa shape index (κ3) is 5.07. The SMILES string of the molecule is CCN(CC)CCN(C(=O)C=Cc1ccc([N+](=O)[O-])s1)c1nc2c(F)cccc2s1. The number of carbonyl (C=O) groups excluding carboxylic acids is 1. The minimum absolute atomic E-state index is 0.0159. The zero-order valence-corrected chi connectivity index (χ0v) is 18.2. The van der Waals surface area contributed by atoms with E-state index in [4.69, 9.17) is 0 Å². The zero-order chi connectivity index (χ0) is 21.7. The van der Waals surface area contributed by atoms with Crippen LogP contribution in [-0.2, 0) is 4.79 Å². The van der Waals surface area contributed by atoms with E-state index in [1.807, 2.05) is 13.8 Å². The highest BCUT2D eigenvalue weighted by molar-refractivity contribution is 7.22. The molecular formula is C20H21FN4O3S2. The van der Waals surface area contributed by atoms with Crippen molar-refractivity contribution in [1.29, 1.82) is 0 Å². The van der Waals surface area contributed by atoms with Crippen molar-refractivity contribution < 1.29 is 14.1 Å². The van der Waals surface area contributed by atoms with Crippen LogP contribution in [0.1, 0.15) is 18.7 Å². The van der Waals surface area contributed by atoms with Gasteiger partial charge < -0.3 is 4.90 Å². The number of anilines is 1. The van der Waals surface area contributed by atoms with E-state index in [9.17, 15) is 19.3 Å². The number of thiophene rings is 1. The molecule has 2 aromatic heterocycles. The van der Waals surface area contributed by atoms with E-state index in [0.717, 1.165) is 24.4 Å². The lowest BCUT2D eigenvalue weighted by Gasteiger charge is -2.23. The normalized spacial score (nSPS) is 11.6. The first-order valence-electron chi connectivity index (χ1n) is 9.44. The molecule has 1 amide bonds. The number of likely N-dealkylation sites (N-methyl/N-ethyl adjacent to an activating group) is 1. The lowest BCUT2D eigenvalue weighted by molar-refractivity contribution is -0.380. The van der Waals surface area contributed by atoms with Crippen LogP contribution in [0.3, 0.4) is 0 Å². The van der Waals surface area contributed by atoms with Crippen LogP contribution < -0.4 is 4.90 Å². The number of benzene rings is 1. The van der Waals surface area contributed by atoms with Gasteiger partial charge in [0.1, 0.15) is 11.3 Å². The summed E-state index contributed by atoms with van der Waals surface area (Å²) in [5.41, 5.74) is 0.246. The lowest BCUT2D eigenvalue weighted by atomic mass is 10.3. The lowest BCUT2D eigenvalue weighted by Crippen LogP contribution is -2.38. The van der Waals surface area contributed by atoms with Crippen molar-refractivity contribution in [1.82, 2.24) is 9.88 Å². The summed E-state index contributed by atoms with van der Waals surface area (Å²) >= 11 is 2.25. The quantitative estimate of drug-likeness (QED) is 0.267. The molecule has 30 heavy (non-hydrogen) atoms. The van der Waals surface area contributed by atoms with Crippen molar-refractivity contribution in [2.45, 2.75) is 13.8 Å². The van der Waals surface area contributed by atoms with Crippen molar-refractivity contribution in [3.05, 3.63) is 57.2 Å². The molecule has 3 aromatic rings. The van der Waals surface area contributed by atoms with E-state index in [0.29, 0.717) is 27.8 Å². The fourth-order valence-corrected chi connectivity index (χ4v) is 4.61. The largest absolute Gasteiger partial charge is 0.324 e. The standard InChI is InChI=1S/C20H21FN4O3S2/c1-3-23(4-2)12-13-24(20-22-19-15(21)6-5-7-16(19)30-20)17(26)10-8-14-9-11-18(29-14)25(27)28/h5-11H,3-4,12-13H2,1-2H3. The Bertz CT molecular complexity index is 1080. The minimum Gasteiger partial charge on any atom is -0.302 e. The smallest absolute Gasteiger partial charge is 0.302 e. The van der Waals surface area contributed by atoms with Gasteiger partial charge in [0.2, 0.25) is 0 Å². The Kier molecular flexibility index (Phi) is 7.24. The summed E-state index contributed by atoms with van der Waals surface area (Å²) in [6, 6.07) is 7.74. The number of rotatable bonds is 9. The average molecular weight is 449 g/mol. The number of carbonyl (C=O) groups is 1. The van der Waals surface area contributed by atoms with Crippen LogP contribution in [0.2, 0.25) is 0 Å². The molecular weight excluding hydrogens is 427 g/mol. The Labute approximate surface area is 181 Å². The molecule has 0 saturated carbocycles. The topological polar surface area (TPSA) is 79.6 Å². The van der Waals surface area contributed by atoms with Gasteiger partial charge in [0, 0.05) is 30.1 Å². The van der Waals surface area contributed by atoms with Crippen molar-refractivity contribution in [2.75, 3.05) is 31.1 Å². The third-order valence-electron chi connectivity index (χ3n) is 4.57. The van der Waals surface area contributed by atoms with Crippen molar-refractivity contribution >= 4 is 55.0 Å². The second-order valence-corrected chi connectivity index (χ2v) is 8.47. The van der Waals surface area contributed by atoms with Gasteiger partial charge in [-0.05, 0) is 37.4 Å². The molecule has 0 bridgehead atoms. The van der Waals surface area contributed by atoms with Gasteiger partial charge in [-0.25, -0.2) is 9.37 Å². The van der Waals surface area contributed by atoms with Crippen LogP contribution in [-0.4, -0.2) is 46.9 Å². The number of nitro groups is 1. The molecule has 0 unspecified atom stereocenters. The Hall–Kier alpha value is -2.69. The van der Waals surface area contributed by atoms with E-state index in [1.165, 1.54) is 34.4 Å². The molecule has 0 atom stereocenters. The van der Waals surface area contributed by atoms with Crippen LogP contribution in [0.5, 0.6) is 0 Å². The maximum absolute atomic E-state index is 14.1. The van der Waals surface area contributed by atoms with Crippen LogP contribution in [0.25, 0.3) is 16.3 Å². The van der Waals surface area contributed by atoms with Gasteiger partial charge in [-0.3, -0.25) is 19.8 Å². The molecule has 2 heterocycles. The third-order valence-corrected chi connectivity index (χ3v) is 6.62. The van der Waals surface area contributed by atoms with Gasteiger partial charge >= 0.3 is 5.00 Å². The molecule has 10 heteroatoms. The maximum atomic E-state index is 14.1. The number of hydrogen-bond acceptors (Lipinski definition) is 7. The van der Waals surface area contributed by atoms with Gasteiger partial charge in [0.05, 0.1) is 9.62 Å². The Balaban J connectivity index is 1.87. The molecule has 3 rings (SSSR count). The van der Waals surface area contributed by atoms with Crippen molar-refractivity contribution in [2.24, 2.45) is 0 Å². The number of hydrogen-bond donors (Lipinski definition) is 0. The monoisotopic (exact) mass is 448 g/mol. The number of nitrogens with zero attached hydrogens (tertiary/aromatic N) is 4. The van der Waals surface area contributed by atoms with Crippen LogP contribution in [0, 0.1) is 15.9 Å². The summed E-state index contributed by atoms with van der Waals surface area (Å²) in [7, 11) is 0. The highest BCUT2D eigenvalue weighted by Crippen LogP contribution is 2.31. The summed E-state index contributed by atoms with van der Waals surface area (Å²) in [4.78, 5) is 32.0. The fraction of sp³-hybridized carbons (Fsp3) is 0.300. The molecule has 158 valence electrons.